The molecule has 0 heterocycles. The number of rotatable bonds is 6. The van der Waals surface area contributed by atoms with E-state index in [0.717, 1.165) is 18.7 Å². The molecule has 0 bridgehead atoms. The molecule has 0 spiro atoms. The molecule has 0 aliphatic heterocycles. The van der Waals surface area contributed by atoms with Crippen LogP contribution < -0.4 is 10.1 Å². The van der Waals surface area contributed by atoms with Crippen LogP contribution in [0.5, 0.6) is 5.75 Å². The number of aryl methyl sites for hydroxylation is 1. The fourth-order valence-corrected chi connectivity index (χ4v) is 2.33. The van der Waals surface area contributed by atoms with Crippen molar-refractivity contribution in [2.24, 2.45) is 0 Å². The molecule has 2 nitrogen and oxygen atoms in total. The highest BCUT2D eigenvalue weighted by Gasteiger charge is 2.05. The Hall–Kier alpha value is -1.96. The second kappa shape index (κ2) is 6.99. The van der Waals surface area contributed by atoms with E-state index in [9.17, 15) is 0 Å². The first-order valence-corrected chi connectivity index (χ1v) is 7.14. The summed E-state index contributed by atoms with van der Waals surface area (Å²) in [5.74, 6) is 1.48. The van der Waals surface area contributed by atoms with Gasteiger partial charge in [0.2, 0.25) is 0 Å². The quantitative estimate of drug-likeness (QED) is 0.827. The van der Waals surface area contributed by atoms with Crippen molar-refractivity contribution in [2.75, 3.05) is 19.0 Å². The molecule has 0 saturated carbocycles. The van der Waals surface area contributed by atoms with Crippen LogP contribution in [0.4, 0.5) is 5.69 Å². The topological polar surface area (TPSA) is 21.3 Å². The van der Waals surface area contributed by atoms with Gasteiger partial charge in [-0.05, 0) is 48.6 Å². The van der Waals surface area contributed by atoms with Crippen LogP contribution in [-0.4, -0.2) is 13.7 Å². The van der Waals surface area contributed by atoms with Gasteiger partial charge in [-0.25, -0.2) is 0 Å². The van der Waals surface area contributed by atoms with Gasteiger partial charge in [0.1, 0.15) is 5.75 Å². The predicted molar refractivity (Wildman–Crippen MR) is 85.7 cm³/mol. The lowest BCUT2D eigenvalue weighted by Crippen LogP contribution is -2.07. The summed E-state index contributed by atoms with van der Waals surface area (Å²) in [5.41, 5.74) is 3.81. The highest BCUT2D eigenvalue weighted by Crippen LogP contribution is 2.22. The van der Waals surface area contributed by atoms with Gasteiger partial charge in [-0.15, -0.1) is 0 Å². The van der Waals surface area contributed by atoms with Crippen molar-refractivity contribution >= 4 is 5.69 Å². The molecule has 1 N–H and O–H groups in total. The Bertz CT molecular complexity index is 536. The minimum atomic E-state index is 0.572. The van der Waals surface area contributed by atoms with Gasteiger partial charge in [0.15, 0.2) is 0 Å². The summed E-state index contributed by atoms with van der Waals surface area (Å²) in [6, 6.07) is 16.8. The molecule has 0 aromatic heterocycles. The molecule has 0 aliphatic rings. The molecule has 0 radical (unpaired) electrons. The van der Waals surface area contributed by atoms with Crippen molar-refractivity contribution in [3.63, 3.8) is 0 Å². The second-order valence-electron chi connectivity index (χ2n) is 5.21. The minimum Gasteiger partial charge on any atom is -0.497 e. The lowest BCUT2D eigenvalue weighted by atomic mass is 9.98. The first-order chi connectivity index (χ1) is 9.70. The number of benzene rings is 2. The third-order valence-corrected chi connectivity index (χ3v) is 3.69. The Kier molecular flexibility index (Phi) is 5.05. The molecular weight excluding hydrogens is 246 g/mol. The number of methoxy groups -OCH3 is 1. The van der Waals surface area contributed by atoms with Crippen LogP contribution in [0.2, 0.25) is 0 Å². The minimum absolute atomic E-state index is 0.572. The van der Waals surface area contributed by atoms with Gasteiger partial charge in [0.25, 0.3) is 0 Å². The van der Waals surface area contributed by atoms with E-state index >= 15 is 0 Å². The number of anilines is 1. The number of hydrogen-bond acceptors (Lipinski definition) is 2. The number of nitrogens with one attached hydrogen (secondary N) is 1. The predicted octanol–water partition coefficient (Wildman–Crippen LogP) is 4.61. The van der Waals surface area contributed by atoms with E-state index in [0.29, 0.717) is 5.92 Å². The van der Waals surface area contributed by atoms with Gasteiger partial charge >= 0.3 is 0 Å². The Morgan fingerprint density at radius 3 is 2.50 bits per heavy atom. The second-order valence-corrected chi connectivity index (χ2v) is 5.21. The first-order valence-electron chi connectivity index (χ1n) is 7.14. The van der Waals surface area contributed by atoms with Crippen LogP contribution in [0.1, 0.15) is 30.4 Å². The molecule has 2 heteroatoms. The Labute approximate surface area is 121 Å². The van der Waals surface area contributed by atoms with Crippen molar-refractivity contribution in [3.05, 3.63) is 59.7 Å². The van der Waals surface area contributed by atoms with E-state index in [1.807, 2.05) is 6.07 Å². The third-order valence-electron chi connectivity index (χ3n) is 3.69. The van der Waals surface area contributed by atoms with Crippen LogP contribution in [-0.2, 0) is 0 Å². The van der Waals surface area contributed by atoms with Crippen molar-refractivity contribution in [3.8, 4) is 5.75 Å². The Morgan fingerprint density at radius 2 is 1.85 bits per heavy atom. The zero-order chi connectivity index (χ0) is 14.4. The lowest BCUT2D eigenvalue weighted by molar-refractivity contribution is 0.414. The molecule has 20 heavy (non-hydrogen) atoms. The van der Waals surface area contributed by atoms with Crippen molar-refractivity contribution in [2.45, 2.75) is 26.2 Å². The van der Waals surface area contributed by atoms with Gasteiger partial charge in [-0.3, -0.25) is 0 Å². The Morgan fingerprint density at radius 1 is 1.10 bits per heavy atom. The van der Waals surface area contributed by atoms with Gasteiger partial charge in [-0.1, -0.05) is 37.3 Å². The van der Waals surface area contributed by atoms with Gasteiger partial charge in [0, 0.05) is 12.2 Å². The summed E-state index contributed by atoms with van der Waals surface area (Å²) in [6.45, 7) is 5.35. The van der Waals surface area contributed by atoms with Crippen LogP contribution in [0.3, 0.4) is 0 Å². The van der Waals surface area contributed by atoms with Crippen molar-refractivity contribution in [1.29, 1.82) is 0 Å². The van der Waals surface area contributed by atoms with E-state index in [1.54, 1.807) is 7.11 Å². The van der Waals surface area contributed by atoms with Gasteiger partial charge < -0.3 is 10.1 Å². The zero-order valence-corrected chi connectivity index (χ0v) is 12.5. The zero-order valence-electron chi connectivity index (χ0n) is 12.5. The van der Waals surface area contributed by atoms with Gasteiger partial charge in [0.05, 0.1) is 7.11 Å². The highest BCUT2D eigenvalue weighted by atomic mass is 16.5. The molecular formula is C18H23NO. The summed E-state index contributed by atoms with van der Waals surface area (Å²) in [6.07, 6.45) is 1.12. The van der Waals surface area contributed by atoms with Crippen LogP contribution in [0.15, 0.2) is 48.5 Å². The fraction of sp³-hybridized carbons (Fsp3) is 0.333. The number of hydrogen-bond donors (Lipinski definition) is 1. The van der Waals surface area contributed by atoms with E-state index in [-0.39, 0.29) is 0 Å². The SMILES string of the molecule is COc1ccc(NCCC(C)c2ccccc2)c(C)c1. The molecule has 2 aromatic carbocycles. The van der Waals surface area contributed by atoms with Crippen molar-refractivity contribution < 1.29 is 4.74 Å². The summed E-state index contributed by atoms with van der Waals surface area (Å²) in [7, 11) is 1.70. The average Bonchev–Trinajstić information content (AvgIpc) is 2.49. The molecule has 2 rings (SSSR count). The largest absolute Gasteiger partial charge is 0.497 e. The standard InChI is InChI=1S/C18H23NO/c1-14(16-7-5-4-6-8-16)11-12-19-18-10-9-17(20-3)13-15(18)2/h4-10,13-14,19H,11-12H2,1-3H3. The molecule has 1 atom stereocenters. The molecule has 0 fully saturated rings. The molecule has 0 aliphatic carbocycles. The monoisotopic (exact) mass is 269 g/mol. The summed E-state index contributed by atoms with van der Waals surface area (Å²) >= 11 is 0. The summed E-state index contributed by atoms with van der Waals surface area (Å²) in [4.78, 5) is 0. The number of ether oxygens (including phenoxy) is 1. The highest BCUT2D eigenvalue weighted by molar-refractivity contribution is 5.53. The van der Waals surface area contributed by atoms with E-state index in [1.165, 1.54) is 16.8 Å². The first kappa shape index (κ1) is 14.4. The van der Waals surface area contributed by atoms with Crippen molar-refractivity contribution in [1.82, 2.24) is 0 Å². The average molecular weight is 269 g/mol. The van der Waals surface area contributed by atoms with E-state index in [4.69, 9.17) is 4.74 Å². The van der Waals surface area contributed by atoms with Gasteiger partial charge in [-0.2, -0.15) is 0 Å². The Balaban J connectivity index is 1.87. The maximum absolute atomic E-state index is 5.22. The van der Waals surface area contributed by atoms with Crippen LogP contribution >= 0.6 is 0 Å². The summed E-state index contributed by atoms with van der Waals surface area (Å²) < 4.78 is 5.22. The lowest BCUT2D eigenvalue weighted by Gasteiger charge is -2.14. The van der Waals surface area contributed by atoms with Crippen LogP contribution in [0.25, 0.3) is 0 Å². The molecule has 106 valence electrons. The fourth-order valence-electron chi connectivity index (χ4n) is 2.33. The summed E-state index contributed by atoms with van der Waals surface area (Å²) in [5, 5.41) is 3.51. The smallest absolute Gasteiger partial charge is 0.119 e. The van der Waals surface area contributed by atoms with E-state index in [2.05, 4.69) is 61.6 Å². The maximum atomic E-state index is 5.22. The molecule has 0 saturated heterocycles. The third kappa shape index (κ3) is 3.77. The molecule has 2 aromatic rings. The maximum Gasteiger partial charge on any atom is 0.119 e. The van der Waals surface area contributed by atoms with E-state index < -0.39 is 0 Å². The normalized spacial score (nSPS) is 11.9. The molecule has 1 unspecified atom stereocenters. The molecule has 0 amide bonds. The van der Waals surface area contributed by atoms with Crippen LogP contribution in [0, 0.1) is 6.92 Å².